The highest BCUT2D eigenvalue weighted by molar-refractivity contribution is 5.69. The monoisotopic (exact) mass is 619 g/mol. The van der Waals surface area contributed by atoms with Crippen molar-refractivity contribution in [1.29, 1.82) is 0 Å². The van der Waals surface area contributed by atoms with Gasteiger partial charge in [0.1, 0.15) is 12.4 Å². The molecule has 0 bridgehead atoms. The van der Waals surface area contributed by atoms with Crippen LogP contribution in [0.5, 0.6) is 11.5 Å². The van der Waals surface area contributed by atoms with Gasteiger partial charge in [-0.25, -0.2) is 14.5 Å². The second kappa shape index (κ2) is 12.2. The van der Waals surface area contributed by atoms with Gasteiger partial charge in [0.2, 0.25) is 0 Å². The van der Waals surface area contributed by atoms with Crippen LogP contribution < -0.4 is 9.47 Å². The number of ether oxygens (including phenoxy) is 2. The standard InChI is InChI=1S/C31H27F6N3O4/c1-18-5-14-25(43-17-19-6-8-20(9-7-19)21-10-12-22(13-11-21)30(32,33)34)23(15-18)24-3-2-4-27(39-24)40-28(31(35,36)37)26(16-38-40)44-29(41)42/h2-9,14-16,21-22H,10-13,17H2,1H3,(H,41,42)/t21-,22+. The Morgan fingerprint density at radius 1 is 0.955 bits per heavy atom. The van der Waals surface area contributed by atoms with Crippen molar-refractivity contribution >= 4 is 6.16 Å². The number of alkyl halides is 6. The number of nitrogens with zero attached hydrogens (tertiary/aromatic N) is 3. The number of carboxylic acid groups (broad SMARTS) is 1. The maximum atomic E-state index is 13.8. The van der Waals surface area contributed by atoms with Crippen molar-refractivity contribution in [3.8, 4) is 28.6 Å². The number of hydrogen-bond acceptors (Lipinski definition) is 5. The molecule has 0 aliphatic heterocycles. The van der Waals surface area contributed by atoms with Crippen LogP contribution in [0.15, 0.2) is 66.9 Å². The topological polar surface area (TPSA) is 86.5 Å². The van der Waals surface area contributed by atoms with E-state index in [1.54, 1.807) is 18.2 Å². The number of halogens is 6. The number of carbonyl (C=O) groups is 1. The molecule has 7 nitrogen and oxygen atoms in total. The lowest BCUT2D eigenvalue weighted by Gasteiger charge is -2.30. The van der Waals surface area contributed by atoms with Crippen molar-refractivity contribution in [2.24, 2.45) is 5.92 Å². The Morgan fingerprint density at radius 2 is 1.66 bits per heavy atom. The summed E-state index contributed by atoms with van der Waals surface area (Å²) in [5.74, 6) is -1.94. The molecule has 2 aromatic carbocycles. The van der Waals surface area contributed by atoms with E-state index in [1.807, 2.05) is 37.3 Å². The van der Waals surface area contributed by atoms with E-state index in [9.17, 15) is 31.1 Å². The number of benzene rings is 2. The van der Waals surface area contributed by atoms with E-state index in [0.717, 1.165) is 16.7 Å². The van der Waals surface area contributed by atoms with Crippen molar-refractivity contribution in [3.63, 3.8) is 0 Å². The zero-order valence-corrected chi connectivity index (χ0v) is 23.3. The van der Waals surface area contributed by atoms with E-state index in [0.29, 0.717) is 35.0 Å². The number of hydrogen-bond donors (Lipinski definition) is 1. The molecule has 1 aliphatic carbocycles. The number of pyridine rings is 1. The van der Waals surface area contributed by atoms with Gasteiger partial charge in [0, 0.05) is 5.56 Å². The van der Waals surface area contributed by atoms with Gasteiger partial charge in [0.15, 0.2) is 17.3 Å². The minimum atomic E-state index is -4.99. The third-order valence-electron chi connectivity index (χ3n) is 7.60. The summed E-state index contributed by atoms with van der Waals surface area (Å²) >= 11 is 0. The van der Waals surface area contributed by atoms with E-state index in [4.69, 9.17) is 9.84 Å². The number of rotatable bonds is 7. The largest absolute Gasteiger partial charge is 0.511 e. The fourth-order valence-electron chi connectivity index (χ4n) is 5.40. The average molecular weight is 620 g/mol. The van der Waals surface area contributed by atoms with Gasteiger partial charge >= 0.3 is 18.5 Å². The van der Waals surface area contributed by atoms with Crippen molar-refractivity contribution < 1.29 is 45.7 Å². The lowest BCUT2D eigenvalue weighted by molar-refractivity contribution is -0.182. The van der Waals surface area contributed by atoms with E-state index in [-0.39, 0.29) is 36.9 Å². The molecule has 0 saturated heterocycles. The molecular formula is C31H27F6N3O4. The number of aromatic nitrogens is 3. The molecule has 0 spiro atoms. The SMILES string of the molecule is Cc1ccc(OCc2ccc([C@H]3CC[C@@H](C(F)(F)F)CC3)cc2)c(-c2cccc(-n3ncc(OC(=O)O)c3C(F)(F)F)n2)c1. The van der Waals surface area contributed by atoms with Gasteiger partial charge in [-0.15, -0.1) is 0 Å². The summed E-state index contributed by atoms with van der Waals surface area (Å²) in [5.41, 5.74) is 2.02. The maximum Gasteiger partial charge on any atom is 0.511 e. The zero-order valence-electron chi connectivity index (χ0n) is 23.3. The summed E-state index contributed by atoms with van der Waals surface area (Å²) in [5, 5.41) is 12.5. The molecule has 1 N–H and O–H groups in total. The van der Waals surface area contributed by atoms with Crippen LogP contribution in [-0.4, -0.2) is 32.2 Å². The third-order valence-corrected chi connectivity index (χ3v) is 7.60. The smallest absolute Gasteiger partial charge is 0.488 e. The zero-order chi connectivity index (χ0) is 31.6. The van der Waals surface area contributed by atoms with Crippen LogP contribution in [0, 0.1) is 12.8 Å². The molecule has 0 unspecified atom stereocenters. The van der Waals surface area contributed by atoms with Gasteiger partial charge < -0.3 is 14.6 Å². The second-order valence-corrected chi connectivity index (χ2v) is 10.6. The van der Waals surface area contributed by atoms with Crippen LogP contribution in [-0.2, 0) is 12.8 Å². The van der Waals surface area contributed by atoms with Crippen molar-refractivity contribution in [1.82, 2.24) is 14.8 Å². The Kier molecular flexibility index (Phi) is 8.57. The van der Waals surface area contributed by atoms with Crippen LogP contribution in [0.25, 0.3) is 17.1 Å². The summed E-state index contributed by atoms with van der Waals surface area (Å²) in [7, 11) is 0. The van der Waals surface area contributed by atoms with Crippen LogP contribution >= 0.6 is 0 Å². The molecule has 44 heavy (non-hydrogen) atoms. The van der Waals surface area contributed by atoms with Gasteiger partial charge in [0.25, 0.3) is 0 Å². The highest BCUT2D eigenvalue weighted by atomic mass is 19.4. The molecule has 232 valence electrons. The Labute approximate surface area is 248 Å². The molecule has 2 heterocycles. The highest BCUT2D eigenvalue weighted by Gasteiger charge is 2.42. The van der Waals surface area contributed by atoms with Gasteiger partial charge in [-0.3, -0.25) is 0 Å². The summed E-state index contributed by atoms with van der Waals surface area (Å²) < 4.78 is 91.4. The summed E-state index contributed by atoms with van der Waals surface area (Å²) in [4.78, 5) is 15.3. The van der Waals surface area contributed by atoms with Crippen LogP contribution in [0.4, 0.5) is 31.1 Å². The van der Waals surface area contributed by atoms with E-state index in [2.05, 4.69) is 14.8 Å². The minimum absolute atomic E-state index is 0.0741. The lowest BCUT2D eigenvalue weighted by atomic mass is 9.78. The molecule has 0 amide bonds. The first-order valence-electron chi connectivity index (χ1n) is 13.7. The Balaban J connectivity index is 1.34. The van der Waals surface area contributed by atoms with E-state index < -0.39 is 35.9 Å². The Hall–Kier alpha value is -4.55. The number of aryl methyl sites for hydroxylation is 1. The summed E-state index contributed by atoms with van der Waals surface area (Å²) in [6.07, 6.45) is -9.19. The third kappa shape index (κ3) is 6.98. The van der Waals surface area contributed by atoms with Gasteiger partial charge in [-0.05, 0) is 73.9 Å². The first-order chi connectivity index (χ1) is 20.8. The van der Waals surface area contributed by atoms with Gasteiger partial charge in [-0.2, -0.15) is 31.4 Å². The highest BCUT2D eigenvalue weighted by Crippen LogP contribution is 2.43. The van der Waals surface area contributed by atoms with Crippen molar-refractivity contribution in [2.45, 2.75) is 57.5 Å². The van der Waals surface area contributed by atoms with Gasteiger partial charge in [-0.1, -0.05) is 42.0 Å². The lowest BCUT2D eigenvalue weighted by Crippen LogP contribution is -2.27. The first-order valence-corrected chi connectivity index (χ1v) is 13.7. The molecule has 1 saturated carbocycles. The fraction of sp³-hybridized carbons (Fsp3) is 0.323. The first kappa shape index (κ1) is 30.9. The normalized spacial score (nSPS) is 17.3. The predicted octanol–water partition coefficient (Wildman–Crippen LogP) is 8.73. The summed E-state index contributed by atoms with van der Waals surface area (Å²) in [6, 6.07) is 17.2. The summed E-state index contributed by atoms with van der Waals surface area (Å²) in [6.45, 7) is 1.99. The Bertz CT molecular complexity index is 1620. The van der Waals surface area contributed by atoms with Gasteiger partial charge in [0.05, 0.1) is 17.8 Å². The quantitative estimate of drug-likeness (QED) is 0.165. The molecule has 5 rings (SSSR count). The minimum Gasteiger partial charge on any atom is -0.488 e. The maximum absolute atomic E-state index is 13.8. The average Bonchev–Trinajstić information content (AvgIpc) is 3.40. The molecule has 13 heteroatoms. The molecule has 0 atom stereocenters. The van der Waals surface area contributed by atoms with Crippen LogP contribution in [0.2, 0.25) is 0 Å². The fourth-order valence-corrected chi connectivity index (χ4v) is 5.40. The molecule has 1 aliphatic rings. The predicted molar refractivity (Wildman–Crippen MR) is 147 cm³/mol. The molecule has 4 aromatic rings. The molecule has 2 aromatic heterocycles. The second-order valence-electron chi connectivity index (χ2n) is 10.6. The van der Waals surface area contributed by atoms with Crippen LogP contribution in [0.1, 0.15) is 54.0 Å². The van der Waals surface area contributed by atoms with Crippen molar-refractivity contribution in [2.75, 3.05) is 0 Å². The Morgan fingerprint density at radius 3 is 2.30 bits per heavy atom. The molecule has 1 fully saturated rings. The van der Waals surface area contributed by atoms with E-state index >= 15 is 0 Å². The molecule has 0 radical (unpaired) electrons. The van der Waals surface area contributed by atoms with E-state index in [1.165, 1.54) is 12.1 Å². The molecular weight excluding hydrogens is 592 g/mol. The van der Waals surface area contributed by atoms with Crippen molar-refractivity contribution in [3.05, 3.63) is 89.2 Å². The van der Waals surface area contributed by atoms with Crippen LogP contribution in [0.3, 0.4) is 0 Å².